The molecule has 0 bridgehead atoms. The highest BCUT2D eigenvalue weighted by atomic mass is 32.2. The van der Waals surface area contributed by atoms with Crippen molar-refractivity contribution in [2.75, 3.05) is 6.61 Å². The lowest BCUT2D eigenvalue weighted by Gasteiger charge is -2.08. The van der Waals surface area contributed by atoms with Gasteiger partial charge in [0.15, 0.2) is 0 Å². The van der Waals surface area contributed by atoms with E-state index in [1.165, 1.54) is 11.8 Å². The van der Waals surface area contributed by atoms with E-state index in [1.807, 2.05) is 48.5 Å². The number of carbonyl (C=O) groups excluding carboxylic acids is 1. The van der Waals surface area contributed by atoms with Crippen molar-refractivity contribution in [3.05, 3.63) is 71.3 Å². The second-order valence-electron chi connectivity index (χ2n) is 5.81. The number of ether oxygens (including phenoxy) is 1. The maximum absolute atomic E-state index is 11.9. The molecule has 6 heteroatoms. The summed E-state index contributed by atoms with van der Waals surface area (Å²) in [5.41, 5.74) is 2.12. The van der Waals surface area contributed by atoms with Gasteiger partial charge in [-0.3, -0.25) is 4.79 Å². The Morgan fingerprint density at radius 1 is 1.12 bits per heavy atom. The van der Waals surface area contributed by atoms with Gasteiger partial charge in [0.1, 0.15) is 16.7 Å². The first kappa shape index (κ1) is 16.9. The zero-order chi connectivity index (χ0) is 17.9. The van der Waals surface area contributed by atoms with E-state index in [9.17, 15) is 4.79 Å². The van der Waals surface area contributed by atoms with Crippen LogP contribution >= 0.6 is 24.0 Å². The van der Waals surface area contributed by atoms with Gasteiger partial charge in [0, 0.05) is 22.7 Å². The fourth-order valence-corrected chi connectivity index (χ4v) is 3.95. The molecule has 130 valence electrons. The Bertz CT molecular complexity index is 1010. The Labute approximate surface area is 160 Å². The summed E-state index contributed by atoms with van der Waals surface area (Å²) in [4.78, 5) is 12.6. The van der Waals surface area contributed by atoms with Crippen molar-refractivity contribution in [3.8, 4) is 5.75 Å². The number of nitrogens with one attached hydrogen (secondary N) is 1. The van der Waals surface area contributed by atoms with Crippen LogP contribution in [0.4, 0.5) is 0 Å². The molecule has 1 N–H and O–H groups in total. The van der Waals surface area contributed by atoms with E-state index < -0.39 is 0 Å². The number of aromatic nitrogens is 1. The highest BCUT2D eigenvalue weighted by Gasteiger charge is 2.22. The molecule has 1 saturated heterocycles. The summed E-state index contributed by atoms with van der Waals surface area (Å²) in [6.45, 7) is 1.29. The molecule has 2 aromatic carbocycles. The third-order valence-corrected chi connectivity index (χ3v) is 5.25. The van der Waals surface area contributed by atoms with E-state index >= 15 is 0 Å². The number of nitrogens with zero attached hydrogens (tertiary/aromatic N) is 1. The standard InChI is InChI=1S/C20H16N2O2S2/c23-19-18(26-20(25)21-19)12-14-13-22(17-9-5-4-8-16(14)17)10-11-24-15-6-2-1-3-7-15/h1-9,12-13H,10-11H2,(H,21,23,25)/b18-12+. The van der Waals surface area contributed by atoms with Crippen LogP contribution in [0.3, 0.4) is 0 Å². The van der Waals surface area contributed by atoms with Crippen molar-refractivity contribution >= 4 is 51.2 Å². The number of hydrogen-bond acceptors (Lipinski definition) is 4. The summed E-state index contributed by atoms with van der Waals surface area (Å²) in [5, 5.41) is 3.76. The molecule has 0 atom stereocenters. The van der Waals surface area contributed by atoms with Crippen molar-refractivity contribution in [1.29, 1.82) is 0 Å². The molecular weight excluding hydrogens is 364 g/mol. The van der Waals surface area contributed by atoms with Gasteiger partial charge in [-0.25, -0.2) is 0 Å². The van der Waals surface area contributed by atoms with Crippen LogP contribution in [0, 0.1) is 0 Å². The quantitative estimate of drug-likeness (QED) is 0.532. The number of amides is 1. The molecule has 0 radical (unpaired) electrons. The molecule has 3 aromatic rings. The fraction of sp³-hybridized carbons (Fsp3) is 0.100. The molecule has 0 aliphatic carbocycles. The smallest absolute Gasteiger partial charge is 0.263 e. The van der Waals surface area contributed by atoms with E-state index in [0.717, 1.165) is 28.8 Å². The molecular formula is C20H16N2O2S2. The first-order chi connectivity index (χ1) is 12.7. The fourth-order valence-electron chi connectivity index (χ4n) is 2.92. The largest absolute Gasteiger partial charge is 0.492 e. The minimum Gasteiger partial charge on any atom is -0.492 e. The maximum atomic E-state index is 11.9. The summed E-state index contributed by atoms with van der Waals surface area (Å²) >= 11 is 6.36. The normalized spacial score (nSPS) is 15.6. The van der Waals surface area contributed by atoms with Crippen molar-refractivity contribution in [2.45, 2.75) is 6.54 Å². The van der Waals surface area contributed by atoms with Crippen molar-refractivity contribution < 1.29 is 9.53 Å². The highest BCUT2D eigenvalue weighted by molar-refractivity contribution is 8.26. The van der Waals surface area contributed by atoms with Crippen LogP contribution in [0.5, 0.6) is 5.75 Å². The second kappa shape index (κ2) is 7.35. The third kappa shape index (κ3) is 3.52. The van der Waals surface area contributed by atoms with Gasteiger partial charge in [-0.05, 0) is 24.3 Å². The minimum absolute atomic E-state index is 0.135. The van der Waals surface area contributed by atoms with Gasteiger partial charge in [0.05, 0.1) is 11.4 Å². The Morgan fingerprint density at radius 2 is 1.88 bits per heavy atom. The number of para-hydroxylation sites is 2. The van der Waals surface area contributed by atoms with Gasteiger partial charge in [0.25, 0.3) is 5.91 Å². The van der Waals surface area contributed by atoms with Crippen LogP contribution in [0.2, 0.25) is 0 Å². The Hall–Kier alpha value is -2.57. The summed E-state index contributed by atoms with van der Waals surface area (Å²) < 4.78 is 8.47. The zero-order valence-electron chi connectivity index (χ0n) is 13.8. The molecule has 2 heterocycles. The lowest BCUT2D eigenvalue weighted by Crippen LogP contribution is -2.17. The minimum atomic E-state index is -0.135. The molecule has 4 nitrogen and oxygen atoms in total. The summed E-state index contributed by atoms with van der Waals surface area (Å²) in [5.74, 6) is 0.725. The van der Waals surface area contributed by atoms with Crippen LogP contribution in [-0.2, 0) is 11.3 Å². The number of benzene rings is 2. The molecule has 0 spiro atoms. The topological polar surface area (TPSA) is 43.3 Å². The van der Waals surface area contributed by atoms with Crippen LogP contribution in [0.25, 0.3) is 17.0 Å². The van der Waals surface area contributed by atoms with E-state index in [-0.39, 0.29) is 5.91 Å². The number of hydrogen-bond donors (Lipinski definition) is 1. The zero-order valence-corrected chi connectivity index (χ0v) is 15.5. The average molecular weight is 380 g/mol. The Kier molecular flexibility index (Phi) is 4.77. The Morgan fingerprint density at radius 3 is 2.65 bits per heavy atom. The van der Waals surface area contributed by atoms with Crippen LogP contribution in [-0.4, -0.2) is 21.4 Å². The summed E-state index contributed by atoms with van der Waals surface area (Å²) in [6.07, 6.45) is 3.96. The van der Waals surface area contributed by atoms with E-state index in [4.69, 9.17) is 17.0 Å². The molecule has 1 aromatic heterocycles. The average Bonchev–Trinajstić information content (AvgIpc) is 3.16. The number of thioether (sulfide) groups is 1. The number of thiocarbonyl (C=S) groups is 1. The SMILES string of the molecule is O=C1NC(=S)S/C1=C/c1cn(CCOc2ccccc2)c2ccccc12. The second-order valence-corrected chi connectivity index (χ2v) is 7.53. The molecule has 0 saturated carbocycles. The van der Waals surface area contributed by atoms with Gasteiger partial charge in [0.2, 0.25) is 0 Å². The number of rotatable bonds is 5. The lowest BCUT2D eigenvalue weighted by atomic mass is 10.1. The van der Waals surface area contributed by atoms with Crippen LogP contribution < -0.4 is 10.1 Å². The predicted molar refractivity (Wildman–Crippen MR) is 110 cm³/mol. The summed E-state index contributed by atoms with van der Waals surface area (Å²) in [7, 11) is 0. The maximum Gasteiger partial charge on any atom is 0.263 e. The highest BCUT2D eigenvalue weighted by Crippen LogP contribution is 2.29. The molecule has 0 unspecified atom stereocenters. The third-order valence-electron chi connectivity index (χ3n) is 4.09. The van der Waals surface area contributed by atoms with Crippen molar-refractivity contribution in [1.82, 2.24) is 9.88 Å². The first-order valence-electron chi connectivity index (χ1n) is 8.21. The molecule has 1 aliphatic heterocycles. The van der Waals surface area contributed by atoms with Crippen LogP contribution in [0.1, 0.15) is 5.56 Å². The van der Waals surface area contributed by atoms with Gasteiger partial charge >= 0.3 is 0 Å². The van der Waals surface area contributed by atoms with Gasteiger partial charge in [-0.1, -0.05) is 60.4 Å². The van der Waals surface area contributed by atoms with Crippen molar-refractivity contribution in [2.24, 2.45) is 0 Å². The molecule has 1 aliphatic rings. The van der Waals surface area contributed by atoms with Gasteiger partial charge in [-0.15, -0.1) is 0 Å². The van der Waals surface area contributed by atoms with Crippen molar-refractivity contribution in [3.63, 3.8) is 0 Å². The van der Waals surface area contributed by atoms with E-state index in [0.29, 0.717) is 15.8 Å². The van der Waals surface area contributed by atoms with E-state index in [1.54, 1.807) is 0 Å². The molecule has 26 heavy (non-hydrogen) atoms. The predicted octanol–water partition coefficient (Wildman–Crippen LogP) is 4.21. The first-order valence-corrected chi connectivity index (χ1v) is 9.44. The Balaban J connectivity index is 1.59. The molecule has 4 rings (SSSR count). The molecule has 1 amide bonds. The van der Waals surface area contributed by atoms with E-state index in [2.05, 4.69) is 28.2 Å². The lowest BCUT2D eigenvalue weighted by molar-refractivity contribution is -0.115. The number of fused-ring (bicyclic) bond motifs is 1. The van der Waals surface area contributed by atoms with Crippen LogP contribution in [0.15, 0.2) is 65.7 Å². The molecule has 1 fully saturated rings. The monoisotopic (exact) mass is 380 g/mol. The van der Waals surface area contributed by atoms with Gasteiger partial charge in [-0.2, -0.15) is 0 Å². The number of carbonyl (C=O) groups is 1. The van der Waals surface area contributed by atoms with Gasteiger partial charge < -0.3 is 14.6 Å². The summed E-state index contributed by atoms with van der Waals surface area (Å²) in [6, 6.07) is 17.9.